The number of carbonyl (C=O) groups is 2. The Balaban J connectivity index is 1.82. The van der Waals surface area contributed by atoms with Crippen LogP contribution in [0.5, 0.6) is 0 Å². The number of rotatable bonds is 6. The molecule has 1 fully saturated rings. The van der Waals surface area contributed by atoms with Gasteiger partial charge >= 0.3 is 5.97 Å². The van der Waals surface area contributed by atoms with Gasteiger partial charge in [-0.15, -0.1) is 23.5 Å². The fourth-order valence-corrected chi connectivity index (χ4v) is 4.86. The van der Waals surface area contributed by atoms with Crippen molar-refractivity contribution < 1.29 is 14.3 Å². The zero-order valence-corrected chi connectivity index (χ0v) is 15.3. The minimum absolute atomic E-state index is 0.0573. The van der Waals surface area contributed by atoms with Crippen LogP contribution < -0.4 is 5.32 Å². The Morgan fingerprint density at radius 3 is 2.35 bits per heavy atom. The number of hydrogen-bond acceptors (Lipinski definition) is 5. The molecule has 1 aromatic carbocycles. The number of ether oxygens (including phenoxy) is 1. The maximum atomic E-state index is 12.0. The van der Waals surface area contributed by atoms with E-state index in [1.165, 1.54) is 17.1 Å². The van der Waals surface area contributed by atoms with Crippen molar-refractivity contribution in [2.24, 2.45) is 5.92 Å². The van der Waals surface area contributed by atoms with Gasteiger partial charge in [-0.3, -0.25) is 4.79 Å². The first kappa shape index (κ1) is 18.2. The van der Waals surface area contributed by atoms with Crippen LogP contribution in [0.4, 0.5) is 0 Å². The van der Waals surface area contributed by atoms with Gasteiger partial charge in [-0.05, 0) is 30.5 Å². The van der Waals surface area contributed by atoms with Crippen molar-refractivity contribution in [1.29, 1.82) is 0 Å². The SMILES string of the molecule is CC(C)C(C)NC(=O)COC(=O)c1ccc(C2SCCS2)cc1. The molecule has 1 unspecified atom stereocenters. The van der Waals surface area contributed by atoms with Crippen LogP contribution in [-0.4, -0.2) is 36.0 Å². The van der Waals surface area contributed by atoms with Gasteiger partial charge in [0.15, 0.2) is 6.61 Å². The lowest BCUT2D eigenvalue weighted by molar-refractivity contribution is -0.125. The standard InChI is InChI=1S/C17H23NO3S2/c1-11(2)12(3)18-15(19)10-21-16(20)13-4-6-14(7-5-13)17-22-8-9-23-17/h4-7,11-12,17H,8-10H2,1-3H3,(H,18,19). The lowest BCUT2D eigenvalue weighted by Gasteiger charge is -2.17. The van der Waals surface area contributed by atoms with Crippen LogP contribution in [0.3, 0.4) is 0 Å². The van der Waals surface area contributed by atoms with Crippen molar-refractivity contribution in [1.82, 2.24) is 5.32 Å². The van der Waals surface area contributed by atoms with E-state index in [0.29, 0.717) is 16.1 Å². The van der Waals surface area contributed by atoms with Crippen molar-refractivity contribution in [3.8, 4) is 0 Å². The van der Waals surface area contributed by atoms with Crippen molar-refractivity contribution in [3.05, 3.63) is 35.4 Å². The summed E-state index contributed by atoms with van der Waals surface area (Å²) in [4.78, 5) is 23.7. The first-order valence-electron chi connectivity index (χ1n) is 7.77. The highest BCUT2D eigenvalue weighted by atomic mass is 32.2. The highest BCUT2D eigenvalue weighted by molar-refractivity contribution is 8.19. The molecule has 1 amide bonds. The van der Waals surface area contributed by atoms with Crippen LogP contribution in [0, 0.1) is 5.92 Å². The first-order chi connectivity index (χ1) is 11.0. The Labute approximate surface area is 146 Å². The second-order valence-electron chi connectivity index (χ2n) is 5.87. The number of nitrogens with one attached hydrogen (secondary N) is 1. The first-order valence-corrected chi connectivity index (χ1v) is 9.86. The molecule has 0 spiro atoms. The minimum atomic E-state index is -0.462. The molecule has 6 heteroatoms. The van der Waals surface area contributed by atoms with E-state index < -0.39 is 5.97 Å². The van der Waals surface area contributed by atoms with Crippen molar-refractivity contribution >= 4 is 35.4 Å². The highest BCUT2D eigenvalue weighted by Gasteiger charge is 2.19. The van der Waals surface area contributed by atoms with Gasteiger partial charge in [0.05, 0.1) is 10.1 Å². The molecular weight excluding hydrogens is 330 g/mol. The van der Waals surface area contributed by atoms with Crippen LogP contribution >= 0.6 is 23.5 Å². The molecule has 0 bridgehead atoms. The number of esters is 1. The normalized spacial score (nSPS) is 16.3. The van der Waals surface area contributed by atoms with E-state index >= 15 is 0 Å². The third-order valence-electron chi connectivity index (χ3n) is 3.76. The quantitative estimate of drug-likeness (QED) is 0.794. The zero-order chi connectivity index (χ0) is 16.8. The molecule has 0 saturated carbocycles. The fraction of sp³-hybridized carbons (Fsp3) is 0.529. The van der Waals surface area contributed by atoms with Crippen molar-refractivity contribution in [2.45, 2.75) is 31.4 Å². The van der Waals surface area contributed by atoms with Crippen molar-refractivity contribution in [3.63, 3.8) is 0 Å². The molecule has 126 valence electrons. The van der Waals surface area contributed by atoms with Gasteiger partial charge in [-0.25, -0.2) is 4.79 Å². The monoisotopic (exact) mass is 353 g/mol. The summed E-state index contributed by atoms with van der Waals surface area (Å²) in [5, 5.41) is 2.81. The summed E-state index contributed by atoms with van der Waals surface area (Å²) in [6.07, 6.45) is 0. The molecule has 0 aliphatic carbocycles. The maximum absolute atomic E-state index is 12.0. The van der Waals surface area contributed by atoms with Crippen LogP contribution in [0.2, 0.25) is 0 Å². The molecule has 0 radical (unpaired) electrons. The van der Waals surface area contributed by atoms with E-state index in [9.17, 15) is 9.59 Å². The van der Waals surface area contributed by atoms with Crippen LogP contribution in [0.1, 0.15) is 41.3 Å². The van der Waals surface area contributed by atoms with Crippen molar-refractivity contribution in [2.75, 3.05) is 18.1 Å². The fourth-order valence-electron chi connectivity index (χ4n) is 2.00. The average molecular weight is 354 g/mol. The molecular formula is C17H23NO3S2. The van der Waals surface area contributed by atoms with Gasteiger partial charge < -0.3 is 10.1 Å². The summed E-state index contributed by atoms with van der Waals surface area (Å²) in [5.41, 5.74) is 1.70. The molecule has 1 aromatic rings. The second kappa shape index (κ2) is 8.64. The third kappa shape index (κ3) is 5.46. The smallest absolute Gasteiger partial charge is 0.338 e. The third-order valence-corrected chi connectivity index (χ3v) is 6.87. The van der Waals surface area contributed by atoms with Crippen LogP contribution in [0.15, 0.2) is 24.3 Å². The minimum Gasteiger partial charge on any atom is -0.452 e. The predicted octanol–water partition coefficient (Wildman–Crippen LogP) is 3.48. The average Bonchev–Trinajstić information content (AvgIpc) is 3.07. The van der Waals surface area contributed by atoms with E-state index in [4.69, 9.17) is 4.74 Å². The molecule has 1 aliphatic heterocycles. The Kier molecular flexibility index (Phi) is 6.84. The second-order valence-corrected chi connectivity index (χ2v) is 8.60. The Morgan fingerprint density at radius 2 is 1.78 bits per heavy atom. The lowest BCUT2D eigenvalue weighted by Crippen LogP contribution is -2.38. The van der Waals surface area contributed by atoms with E-state index in [1.54, 1.807) is 12.1 Å². The maximum Gasteiger partial charge on any atom is 0.338 e. The molecule has 1 saturated heterocycles. The summed E-state index contributed by atoms with van der Waals surface area (Å²) in [6, 6.07) is 7.53. The summed E-state index contributed by atoms with van der Waals surface area (Å²) >= 11 is 3.85. The molecule has 1 heterocycles. The molecule has 1 atom stereocenters. The van der Waals surface area contributed by atoms with E-state index in [0.717, 1.165) is 0 Å². The number of carbonyl (C=O) groups excluding carboxylic acids is 2. The van der Waals surface area contributed by atoms with Gasteiger partial charge in [-0.2, -0.15) is 0 Å². The number of hydrogen-bond donors (Lipinski definition) is 1. The number of benzene rings is 1. The molecule has 4 nitrogen and oxygen atoms in total. The molecule has 1 N–H and O–H groups in total. The number of amides is 1. The van der Waals surface area contributed by atoms with E-state index in [2.05, 4.69) is 5.32 Å². The lowest BCUT2D eigenvalue weighted by atomic mass is 10.1. The van der Waals surface area contributed by atoms with Crippen LogP contribution in [-0.2, 0) is 9.53 Å². The van der Waals surface area contributed by atoms with Gasteiger partial charge in [0.2, 0.25) is 0 Å². The summed E-state index contributed by atoms with van der Waals surface area (Å²) in [7, 11) is 0. The summed E-state index contributed by atoms with van der Waals surface area (Å²) in [6.45, 7) is 5.74. The Morgan fingerprint density at radius 1 is 1.17 bits per heavy atom. The molecule has 0 aromatic heterocycles. The largest absolute Gasteiger partial charge is 0.452 e. The number of thioether (sulfide) groups is 2. The molecule has 1 aliphatic rings. The highest BCUT2D eigenvalue weighted by Crippen LogP contribution is 2.45. The van der Waals surface area contributed by atoms with Gasteiger partial charge in [0.25, 0.3) is 5.91 Å². The predicted molar refractivity (Wildman–Crippen MR) is 96.8 cm³/mol. The van der Waals surface area contributed by atoms with E-state index in [-0.39, 0.29) is 18.6 Å². The zero-order valence-electron chi connectivity index (χ0n) is 13.7. The van der Waals surface area contributed by atoms with Gasteiger partial charge in [-0.1, -0.05) is 26.0 Å². The van der Waals surface area contributed by atoms with Gasteiger partial charge in [0.1, 0.15) is 0 Å². The Bertz CT molecular complexity index is 539. The summed E-state index contributed by atoms with van der Waals surface area (Å²) < 4.78 is 5.54. The van der Waals surface area contributed by atoms with Gasteiger partial charge in [0, 0.05) is 17.5 Å². The van der Waals surface area contributed by atoms with E-state index in [1.807, 2.05) is 56.4 Å². The summed E-state index contributed by atoms with van der Waals surface area (Å²) in [5.74, 6) is 1.95. The Hall–Kier alpha value is -1.14. The molecule has 2 rings (SSSR count). The molecule has 23 heavy (non-hydrogen) atoms. The van der Waals surface area contributed by atoms with Crippen LogP contribution in [0.25, 0.3) is 0 Å². The topological polar surface area (TPSA) is 55.4 Å².